The van der Waals surface area contributed by atoms with Crippen molar-refractivity contribution in [2.45, 2.75) is 6.42 Å². The second kappa shape index (κ2) is 5.59. The van der Waals surface area contributed by atoms with Gasteiger partial charge in [-0.25, -0.2) is 0 Å². The number of anilines is 1. The molecule has 1 fully saturated rings. The van der Waals surface area contributed by atoms with Gasteiger partial charge in [-0.3, -0.25) is 4.79 Å². The number of ether oxygens (including phenoxy) is 1. The van der Waals surface area contributed by atoms with Crippen LogP contribution in [0.25, 0.3) is 0 Å². The van der Waals surface area contributed by atoms with Crippen LogP contribution in [-0.2, 0) is 4.79 Å². The quantitative estimate of drug-likeness (QED) is 0.914. The van der Waals surface area contributed by atoms with Crippen molar-refractivity contribution < 1.29 is 9.53 Å². The third-order valence-corrected chi connectivity index (χ3v) is 3.48. The molecule has 0 saturated carbocycles. The van der Waals surface area contributed by atoms with Gasteiger partial charge < -0.3 is 15.0 Å². The monoisotopic (exact) mass is 268 g/mol. The lowest BCUT2D eigenvalue weighted by atomic mass is 10.1. The minimum absolute atomic E-state index is 0.0561. The van der Waals surface area contributed by atoms with E-state index in [4.69, 9.17) is 16.3 Å². The average Bonchev–Trinajstić information content (AvgIpc) is 2.76. The van der Waals surface area contributed by atoms with Gasteiger partial charge in [0.25, 0.3) is 0 Å². The second-order valence-electron chi connectivity index (χ2n) is 4.59. The van der Waals surface area contributed by atoms with Gasteiger partial charge in [-0.1, -0.05) is 11.6 Å². The summed E-state index contributed by atoms with van der Waals surface area (Å²) in [6.45, 7) is 1.79. The van der Waals surface area contributed by atoms with Crippen LogP contribution >= 0.6 is 11.6 Å². The van der Waals surface area contributed by atoms with Gasteiger partial charge in [-0.15, -0.1) is 0 Å². The van der Waals surface area contributed by atoms with Gasteiger partial charge in [0, 0.05) is 12.2 Å². The number of nitrogens with zero attached hydrogens (tertiary/aromatic N) is 1. The molecule has 1 aromatic rings. The number of carbonyl (C=O) groups excluding carboxylic acids is 1. The third-order valence-electron chi connectivity index (χ3n) is 3.18. The molecule has 5 heteroatoms. The largest absolute Gasteiger partial charge is 0.495 e. The van der Waals surface area contributed by atoms with Crippen molar-refractivity contribution in [3.8, 4) is 5.75 Å². The zero-order chi connectivity index (χ0) is 13.1. The Kier molecular flexibility index (Phi) is 4.09. The smallest absolute Gasteiger partial charge is 0.228 e. The highest BCUT2D eigenvalue weighted by Crippen LogP contribution is 2.27. The van der Waals surface area contributed by atoms with E-state index in [-0.39, 0.29) is 11.8 Å². The fourth-order valence-corrected chi connectivity index (χ4v) is 2.40. The van der Waals surface area contributed by atoms with Crippen LogP contribution in [0.3, 0.4) is 0 Å². The standard InChI is InChI=1S/C13H17ClN2O2/c1-16-6-5-9(8-16)13(17)15-10-3-4-12(18-2)11(14)7-10/h3-4,7,9H,5-6,8H2,1-2H3,(H,15,17). The second-order valence-corrected chi connectivity index (χ2v) is 4.99. The van der Waals surface area contributed by atoms with E-state index < -0.39 is 0 Å². The van der Waals surface area contributed by atoms with Crippen molar-refractivity contribution in [1.29, 1.82) is 0 Å². The molecule has 1 amide bonds. The number of methoxy groups -OCH3 is 1. The first kappa shape index (κ1) is 13.2. The van der Waals surface area contributed by atoms with Gasteiger partial charge in [0.15, 0.2) is 0 Å². The van der Waals surface area contributed by atoms with Gasteiger partial charge in [-0.2, -0.15) is 0 Å². The predicted octanol–water partition coefficient (Wildman–Crippen LogP) is 2.24. The molecule has 98 valence electrons. The number of benzene rings is 1. The molecule has 1 heterocycles. The molecule has 0 radical (unpaired) electrons. The molecule has 1 N–H and O–H groups in total. The van der Waals surface area contributed by atoms with Crippen molar-refractivity contribution in [2.75, 3.05) is 32.6 Å². The molecule has 2 rings (SSSR count). The summed E-state index contributed by atoms with van der Waals surface area (Å²) < 4.78 is 5.07. The van der Waals surface area contributed by atoms with Crippen LogP contribution in [0, 0.1) is 5.92 Å². The summed E-state index contributed by atoms with van der Waals surface area (Å²) in [5, 5.41) is 3.39. The lowest BCUT2D eigenvalue weighted by molar-refractivity contribution is -0.119. The summed E-state index contributed by atoms with van der Waals surface area (Å²) >= 11 is 6.01. The van der Waals surface area contributed by atoms with Gasteiger partial charge in [-0.05, 0) is 38.2 Å². The Labute approximate surface area is 112 Å². The average molecular weight is 269 g/mol. The maximum atomic E-state index is 12.0. The topological polar surface area (TPSA) is 41.6 Å². The Bertz CT molecular complexity index is 451. The Balaban J connectivity index is 2.01. The van der Waals surface area contributed by atoms with E-state index in [1.165, 1.54) is 0 Å². The first-order valence-corrected chi connectivity index (χ1v) is 6.31. The molecule has 1 aliphatic heterocycles. The summed E-state index contributed by atoms with van der Waals surface area (Å²) in [4.78, 5) is 14.2. The van der Waals surface area contributed by atoms with E-state index in [9.17, 15) is 4.79 Å². The molecule has 0 bridgehead atoms. The van der Waals surface area contributed by atoms with Crippen LogP contribution in [0.4, 0.5) is 5.69 Å². The minimum Gasteiger partial charge on any atom is -0.495 e. The van der Waals surface area contributed by atoms with E-state index in [2.05, 4.69) is 10.2 Å². The molecule has 1 unspecified atom stereocenters. The Morgan fingerprint density at radius 1 is 1.56 bits per heavy atom. The number of rotatable bonds is 3. The van der Waals surface area contributed by atoms with Gasteiger partial charge in [0.1, 0.15) is 5.75 Å². The maximum Gasteiger partial charge on any atom is 0.228 e. The molecule has 18 heavy (non-hydrogen) atoms. The van der Waals surface area contributed by atoms with E-state index in [1.807, 2.05) is 7.05 Å². The molecular formula is C13H17ClN2O2. The van der Waals surface area contributed by atoms with Gasteiger partial charge in [0.2, 0.25) is 5.91 Å². The van der Waals surface area contributed by atoms with Gasteiger partial charge in [0.05, 0.1) is 18.1 Å². The molecule has 0 spiro atoms. The van der Waals surface area contributed by atoms with Gasteiger partial charge >= 0.3 is 0 Å². The molecule has 1 aromatic carbocycles. The highest BCUT2D eigenvalue weighted by molar-refractivity contribution is 6.32. The van der Waals surface area contributed by atoms with E-state index in [1.54, 1.807) is 25.3 Å². The van der Waals surface area contributed by atoms with Crippen molar-refractivity contribution in [2.24, 2.45) is 5.92 Å². The number of hydrogen-bond donors (Lipinski definition) is 1. The molecule has 1 aliphatic rings. The van der Waals surface area contributed by atoms with Crippen molar-refractivity contribution in [1.82, 2.24) is 4.90 Å². The zero-order valence-electron chi connectivity index (χ0n) is 10.6. The summed E-state index contributed by atoms with van der Waals surface area (Å²) in [5.41, 5.74) is 0.709. The number of nitrogens with one attached hydrogen (secondary N) is 1. The molecule has 1 atom stereocenters. The van der Waals surface area contributed by atoms with Crippen LogP contribution in [0.15, 0.2) is 18.2 Å². The summed E-state index contributed by atoms with van der Waals surface area (Å²) in [7, 11) is 3.59. The fourth-order valence-electron chi connectivity index (χ4n) is 2.14. The number of carbonyl (C=O) groups is 1. The molecule has 4 nitrogen and oxygen atoms in total. The molecular weight excluding hydrogens is 252 g/mol. The molecule has 0 aliphatic carbocycles. The first-order valence-electron chi connectivity index (χ1n) is 5.93. The van der Waals surface area contributed by atoms with Crippen LogP contribution < -0.4 is 10.1 Å². The predicted molar refractivity (Wildman–Crippen MR) is 72.2 cm³/mol. The number of halogens is 1. The Morgan fingerprint density at radius 2 is 2.33 bits per heavy atom. The van der Waals surface area contributed by atoms with Crippen molar-refractivity contribution in [3.63, 3.8) is 0 Å². The Morgan fingerprint density at radius 3 is 2.89 bits per heavy atom. The van der Waals surface area contributed by atoms with Crippen LogP contribution in [0.2, 0.25) is 5.02 Å². The maximum absolute atomic E-state index is 12.0. The fraction of sp³-hybridized carbons (Fsp3) is 0.462. The summed E-state index contributed by atoms with van der Waals surface area (Å²) in [6, 6.07) is 5.25. The molecule has 0 aromatic heterocycles. The van der Waals surface area contributed by atoms with Crippen molar-refractivity contribution >= 4 is 23.2 Å². The highest BCUT2D eigenvalue weighted by atomic mass is 35.5. The number of likely N-dealkylation sites (tertiary alicyclic amines) is 1. The van der Waals surface area contributed by atoms with Crippen LogP contribution in [0.5, 0.6) is 5.75 Å². The number of amides is 1. The zero-order valence-corrected chi connectivity index (χ0v) is 11.3. The van der Waals surface area contributed by atoms with Crippen LogP contribution in [-0.4, -0.2) is 38.1 Å². The van der Waals surface area contributed by atoms with E-state index in [0.29, 0.717) is 16.5 Å². The van der Waals surface area contributed by atoms with E-state index in [0.717, 1.165) is 19.5 Å². The molecule has 1 saturated heterocycles. The summed E-state index contributed by atoms with van der Waals surface area (Å²) in [6.07, 6.45) is 0.909. The minimum atomic E-state index is 0.0561. The van der Waals surface area contributed by atoms with Crippen LogP contribution in [0.1, 0.15) is 6.42 Å². The van der Waals surface area contributed by atoms with E-state index >= 15 is 0 Å². The first-order chi connectivity index (χ1) is 8.60. The third kappa shape index (κ3) is 2.94. The number of hydrogen-bond acceptors (Lipinski definition) is 3. The lowest BCUT2D eigenvalue weighted by Crippen LogP contribution is -2.25. The summed E-state index contributed by atoms with van der Waals surface area (Å²) in [5.74, 6) is 0.728. The normalized spacial score (nSPS) is 19.8. The highest BCUT2D eigenvalue weighted by Gasteiger charge is 2.26. The SMILES string of the molecule is COc1ccc(NC(=O)C2CCN(C)C2)cc1Cl. The van der Waals surface area contributed by atoms with Crippen molar-refractivity contribution in [3.05, 3.63) is 23.2 Å². The lowest BCUT2D eigenvalue weighted by Gasteiger charge is -2.12. The Hall–Kier alpha value is -1.26.